The zero-order chi connectivity index (χ0) is 20.1. The second-order valence-corrected chi connectivity index (χ2v) is 7.47. The fraction of sp³-hybridized carbons (Fsp3) is 0.150. The molecular weight excluding hydrogens is 381 g/mol. The first-order valence-corrected chi connectivity index (χ1v) is 9.36. The maximum absolute atomic E-state index is 12.9. The first-order valence-electron chi connectivity index (χ1n) is 8.48. The molecule has 6 nitrogen and oxygen atoms in total. The third kappa shape index (κ3) is 5.20. The van der Waals surface area contributed by atoms with Gasteiger partial charge in [-0.05, 0) is 62.4 Å². The normalized spacial score (nSPS) is 11.7. The standard InChI is InChI=1S/C20H18FN3O3S/c1-12-11-18(24-27-12)23-19(25)13(2)28-17-9-7-16(8-10-17)22-20(26)14-3-5-15(21)6-4-14/h3-11,13H,1-2H3,(H,22,26)(H,23,24,25). The molecule has 1 heterocycles. The summed E-state index contributed by atoms with van der Waals surface area (Å²) in [6, 6.07) is 14.1. The molecule has 0 aliphatic heterocycles. The number of carbonyl (C=O) groups is 2. The van der Waals surface area contributed by atoms with Crippen molar-refractivity contribution in [2.45, 2.75) is 24.0 Å². The molecular formula is C20H18FN3O3S. The lowest BCUT2D eigenvalue weighted by Gasteiger charge is -2.11. The van der Waals surface area contributed by atoms with Crippen LogP contribution >= 0.6 is 11.8 Å². The molecule has 0 fully saturated rings. The van der Waals surface area contributed by atoms with Gasteiger partial charge < -0.3 is 15.2 Å². The van der Waals surface area contributed by atoms with Crippen molar-refractivity contribution < 1.29 is 18.5 Å². The van der Waals surface area contributed by atoms with E-state index in [1.165, 1.54) is 36.0 Å². The van der Waals surface area contributed by atoms with E-state index in [1.807, 2.05) is 12.1 Å². The third-order valence-corrected chi connectivity index (χ3v) is 4.89. The van der Waals surface area contributed by atoms with Gasteiger partial charge in [0.15, 0.2) is 5.82 Å². The number of hydrogen-bond acceptors (Lipinski definition) is 5. The Balaban J connectivity index is 1.55. The first kappa shape index (κ1) is 19.6. The van der Waals surface area contributed by atoms with Gasteiger partial charge in [-0.3, -0.25) is 9.59 Å². The van der Waals surface area contributed by atoms with Crippen LogP contribution in [-0.2, 0) is 4.79 Å². The molecule has 3 aromatic rings. The van der Waals surface area contributed by atoms with E-state index < -0.39 is 5.82 Å². The Labute approximate surface area is 165 Å². The molecule has 0 saturated carbocycles. The van der Waals surface area contributed by atoms with Crippen LogP contribution < -0.4 is 10.6 Å². The summed E-state index contributed by atoms with van der Waals surface area (Å²) in [4.78, 5) is 25.2. The molecule has 1 atom stereocenters. The summed E-state index contributed by atoms with van der Waals surface area (Å²) in [6.07, 6.45) is 0. The molecule has 0 aliphatic carbocycles. The van der Waals surface area contributed by atoms with Crippen LogP contribution in [-0.4, -0.2) is 22.2 Å². The van der Waals surface area contributed by atoms with Crippen molar-refractivity contribution in [2.24, 2.45) is 0 Å². The summed E-state index contributed by atoms with van der Waals surface area (Å²) in [6.45, 7) is 3.54. The topological polar surface area (TPSA) is 84.2 Å². The Hall–Kier alpha value is -3.13. The van der Waals surface area contributed by atoms with Gasteiger partial charge in [0.25, 0.3) is 5.91 Å². The van der Waals surface area contributed by atoms with Crippen LogP contribution in [0.1, 0.15) is 23.0 Å². The number of rotatable bonds is 6. The Bertz CT molecular complexity index is 971. The van der Waals surface area contributed by atoms with Gasteiger partial charge in [-0.15, -0.1) is 11.8 Å². The molecule has 0 bridgehead atoms. The number of halogens is 1. The molecule has 2 amide bonds. The number of thioether (sulfide) groups is 1. The fourth-order valence-corrected chi connectivity index (χ4v) is 3.20. The van der Waals surface area contributed by atoms with Crippen LogP contribution in [0.2, 0.25) is 0 Å². The zero-order valence-electron chi connectivity index (χ0n) is 15.2. The van der Waals surface area contributed by atoms with Gasteiger partial charge >= 0.3 is 0 Å². The number of nitrogens with one attached hydrogen (secondary N) is 2. The Morgan fingerprint density at radius 1 is 1.07 bits per heavy atom. The molecule has 2 N–H and O–H groups in total. The molecule has 1 unspecified atom stereocenters. The number of nitrogens with zero attached hydrogens (tertiary/aromatic N) is 1. The molecule has 8 heteroatoms. The highest BCUT2D eigenvalue weighted by Gasteiger charge is 2.16. The number of amides is 2. The van der Waals surface area contributed by atoms with Gasteiger partial charge in [0, 0.05) is 22.2 Å². The summed E-state index contributed by atoms with van der Waals surface area (Å²) in [5.74, 6) is 0.0977. The number of aryl methyl sites for hydroxylation is 1. The van der Waals surface area contributed by atoms with E-state index in [4.69, 9.17) is 4.52 Å². The molecule has 0 spiro atoms. The summed E-state index contributed by atoms with van der Waals surface area (Å²) >= 11 is 1.38. The number of benzene rings is 2. The highest BCUT2D eigenvalue weighted by Crippen LogP contribution is 2.26. The minimum atomic E-state index is -0.394. The van der Waals surface area contributed by atoms with E-state index in [-0.39, 0.29) is 17.1 Å². The third-order valence-electron chi connectivity index (χ3n) is 3.78. The first-order chi connectivity index (χ1) is 13.4. The van der Waals surface area contributed by atoms with Crippen LogP contribution in [0.3, 0.4) is 0 Å². The second-order valence-electron chi connectivity index (χ2n) is 6.06. The minimum absolute atomic E-state index is 0.188. The highest BCUT2D eigenvalue weighted by molar-refractivity contribution is 8.00. The summed E-state index contributed by atoms with van der Waals surface area (Å²) in [5, 5.41) is 8.83. The van der Waals surface area contributed by atoms with Crippen molar-refractivity contribution >= 4 is 35.1 Å². The van der Waals surface area contributed by atoms with Crippen molar-refractivity contribution in [3.63, 3.8) is 0 Å². The SMILES string of the molecule is Cc1cc(NC(=O)C(C)Sc2ccc(NC(=O)c3ccc(F)cc3)cc2)no1. The van der Waals surface area contributed by atoms with Gasteiger partial charge in [0.2, 0.25) is 5.91 Å². The smallest absolute Gasteiger partial charge is 0.255 e. The Morgan fingerprint density at radius 2 is 1.75 bits per heavy atom. The van der Waals surface area contributed by atoms with Gasteiger partial charge in [-0.25, -0.2) is 4.39 Å². The van der Waals surface area contributed by atoms with Crippen LogP contribution in [0, 0.1) is 12.7 Å². The quantitative estimate of drug-likeness (QED) is 0.597. The molecule has 0 saturated heterocycles. The van der Waals surface area contributed by atoms with E-state index in [2.05, 4.69) is 15.8 Å². The molecule has 1 aromatic heterocycles. The van der Waals surface area contributed by atoms with E-state index in [0.29, 0.717) is 22.8 Å². The lowest BCUT2D eigenvalue weighted by atomic mass is 10.2. The number of anilines is 2. The van der Waals surface area contributed by atoms with Crippen molar-refractivity contribution in [3.05, 3.63) is 71.7 Å². The Kier molecular flexibility index (Phi) is 6.10. The van der Waals surface area contributed by atoms with Crippen LogP contribution in [0.5, 0.6) is 0 Å². The van der Waals surface area contributed by atoms with Gasteiger partial charge in [-0.2, -0.15) is 0 Å². The largest absolute Gasteiger partial charge is 0.360 e. The molecule has 0 aliphatic rings. The molecule has 144 valence electrons. The van der Waals surface area contributed by atoms with Gasteiger partial charge in [0.05, 0.1) is 5.25 Å². The zero-order valence-corrected chi connectivity index (χ0v) is 16.0. The van der Waals surface area contributed by atoms with E-state index in [9.17, 15) is 14.0 Å². The molecule has 2 aromatic carbocycles. The van der Waals surface area contributed by atoms with Crippen LogP contribution in [0.25, 0.3) is 0 Å². The Morgan fingerprint density at radius 3 is 2.36 bits per heavy atom. The van der Waals surface area contributed by atoms with Crippen LogP contribution in [0.4, 0.5) is 15.9 Å². The monoisotopic (exact) mass is 399 g/mol. The van der Waals surface area contributed by atoms with Crippen molar-refractivity contribution in [1.29, 1.82) is 0 Å². The summed E-state index contributed by atoms with van der Waals surface area (Å²) < 4.78 is 17.9. The molecule has 3 rings (SSSR count). The average Bonchev–Trinajstić information content (AvgIpc) is 3.08. The van der Waals surface area contributed by atoms with Crippen molar-refractivity contribution in [3.8, 4) is 0 Å². The second kappa shape index (κ2) is 8.71. The number of hydrogen-bond donors (Lipinski definition) is 2. The molecule has 28 heavy (non-hydrogen) atoms. The lowest BCUT2D eigenvalue weighted by molar-refractivity contribution is -0.115. The van der Waals surface area contributed by atoms with Crippen molar-refractivity contribution in [2.75, 3.05) is 10.6 Å². The lowest BCUT2D eigenvalue weighted by Crippen LogP contribution is -2.22. The summed E-state index contributed by atoms with van der Waals surface area (Å²) in [5.41, 5.74) is 0.974. The summed E-state index contributed by atoms with van der Waals surface area (Å²) in [7, 11) is 0. The highest BCUT2D eigenvalue weighted by atomic mass is 32.2. The van der Waals surface area contributed by atoms with E-state index in [0.717, 1.165) is 4.90 Å². The average molecular weight is 399 g/mol. The predicted octanol–water partition coefficient (Wildman–Crippen LogP) is 4.49. The molecule has 0 radical (unpaired) electrons. The van der Waals surface area contributed by atoms with Gasteiger partial charge in [-0.1, -0.05) is 5.16 Å². The maximum atomic E-state index is 12.9. The van der Waals surface area contributed by atoms with Crippen LogP contribution in [0.15, 0.2) is 64.0 Å². The van der Waals surface area contributed by atoms with Gasteiger partial charge in [0.1, 0.15) is 11.6 Å². The van der Waals surface area contributed by atoms with E-state index >= 15 is 0 Å². The minimum Gasteiger partial charge on any atom is -0.360 e. The maximum Gasteiger partial charge on any atom is 0.255 e. The number of carbonyl (C=O) groups excluding carboxylic acids is 2. The fourth-order valence-electron chi connectivity index (χ4n) is 2.33. The van der Waals surface area contributed by atoms with E-state index in [1.54, 1.807) is 32.0 Å². The van der Waals surface area contributed by atoms with Crippen molar-refractivity contribution in [1.82, 2.24) is 5.16 Å². The number of aromatic nitrogens is 1. The predicted molar refractivity (Wildman–Crippen MR) is 106 cm³/mol.